The predicted octanol–water partition coefficient (Wildman–Crippen LogP) is 5.47. The van der Waals surface area contributed by atoms with Crippen LogP contribution >= 0.6 is 0 Å². The summed E-state index contributed by atoms with van der Waals surface area (Å²) < 4.78 is 41.6. The highest BCUT2D eigenvalue weighted by Gasteiger charge is 2.78. The summed E-state index contributed by atoms with van der Waals surface area (Å²) >= 11 is 0. The molecule has 4 saturated carbocycles. The highest BCUT2D eigenvalue weighted by molar-refractivity contribution is 7.89. The molecule has 4 aliphatic carbocycles. The van der Waals surface area contributed by atoms with Crippen LogP contribution < -0.4 is 0 Å². The lowest BCUT2D eigenvalue weighted by Crippen LogP contribution is -2.58. The smallest absolute Gasteiger partial charge is 0.302 e. The van der Waals surface area contributed by atoms with Crippen LogP contribution in [0.25, 0.3) is 0 Å². The monoisotopic (exact) mass is 581 g/mol. The number of hydrogen-bond donors (Lipinski definition) is 0. The van der Waals surface area contributed by atoms with Crippen LogP contribution in [0.4, 0.5) is 0 Å². The van der Waals surface area contributed by atoms with Gasteiger partial charge in [0, 0.05) is 39.9 Å². The first-order valence-electron chi connectivity index (χ1n) is 15.4. The standard InChI is InChI=1S/C30H51NO6SSi/c1-18(36-19(2)32)24-11-12-25-23-10-9-21-17-22(37-20(3)33)13-14-29(21,4)26(23)27-28(30(24,25)5)31(27)38(34,35)15-16-39(6,7)8/h18,21-28H,9-17H2,1-8H3/t18?,21?,22-,23+,24-,25+,26-,27+,28+,29+,30-,31?/m1/s1. The molecule has 0 aromatic heterocycles. The molecule has 1 aliphatic heterocycles. The van der Waals surface area contributed by atoms with Crippen molar-refractivity contribution in [2.75, 3.05) is 5.75 Å². The van der Waals surface area contributed by atoms with Gasteiger partial charge < -0.3 is 9.47 Å². The van der Waals surface area contributed by atoms with Crippen molar-refractivity contribution in [3.05, 3.63) is 0 Å². The van der Waals surface area contributed by atoms with E-state index in [2.05, 4.69) is 33.5 Å². The SMILES string of the molecule is CC(=O)OC(C)[C@H]1CC[C@H]2[C@@H]3CCC4C[C@H](OC(C)=O)CC[C@]4(C)[C@H]3[C@H]3[C@H](N3S(=O)(=O)CC[Si](C)(C)C)[C@]12C. The first kappa shape index (κ1) is 29.6. The minimum Gasteiger partial charge on any atom is -0.463 e. The fourth-order valence-electron chi connectivity index (χ4n) is 10.3. The molecule has 0 aromatic carbocycles. The molecule has 0 N–H and O–H groups in total. The molecule has 1 heterocycles. The van der Waals surface area contributed by atoms with Gasteiger partial charge in [-0.05, 0) is 92.4 Å². The molecule has 1 saturated heterocycles. The second kappa shape index (κ2) is 9.82. The summed E-state index contributed by atoms with van der Waals surface area (Å²) in [6.07, 6.45) is 6.81. The molecular formula is C30H51NO6SSi. The second-order valence-electron chi connectivity index (χ2n) is 15.3. The maximum atomic E-state index is 14.1. The summed E-state index contributed by atoms with van der Waals surface area (Å²) in [5.41, 5.74) is -0.141. The van der Waals surface area contributed by atoms with Gasteiger partial charge in [-0.15, -0.1) is 0 Å². The van der Waals surface area contributed by atoms with E-state index >= 15 is 0 Å². The molecule has 39 heavy (non-hydrogen) atoms. The number of fused-ring (bicyclic) bond motifs is 8. The molecule has 222 valence electrons. The number of carbonyl (C=O) groups is 2. The van der Waals surface area contributed by atoms with Gasteiger partial charge in [0.2, 0.25) is 10.0 Å². The van der Waals surface area contributed by atoms with Gasteiger partial charge in [-0.2, -0.15) is 4.31 Å². The number of sulfonamides is 1. The third-order valence-corrected chi connectivity index (χ3v) is 15.9. The van der Waals surface area contributed by atoms with Crippen molar-refractivity contribution in [2.45, 2.75) is 130 Å². The summed E-state index contributed by atoms with van der Waals surface area (Å²) in [6, 6.07) is 0.797. The molecule has 9 heteroatoms. The Kier molecular flexibility index (Phi) is 7.44. The Hall–Kier alpha value is -0.933. The Morgan fingerprint density at radius 1 is 1.03 bits per heavy atom. The van der Waals surface area contributed by atoms with Crippen LogP contribution in [0.1, 0.15) is 79.6 Å². The average Bonchev–Trinajstić information content (AvgIpc) is 3.46. The zero-order chi connectivity index (χ0) is 28.7. The zero-order valence-electron chi connectivity index (χ0n) is 25.4. The minimum atomic E-state index is -3.40. The summed E-state index contributed by atoms with van der Waals surface area (Å²) in [5, 5.41) is 0. The second-order valence-corrected chi connectivity index (χ2v) is 23.0. The third-order valence-electron chi connectivity index (χ3n) is 11.9. The highest BCUT2D eigenvalue weighted by atomic mass is 32.2. The predicted molar refractivity (Wildman–Crippen MR) is 154 cm³/mol. The van der Waals surface area contributed by atoms with Crippen LogP contribution in [0.5, 0.6) is 0 Å². The normalized spacial score (nSPS) is 45.7. The van der Waals surface area contributed by atoms with E-state index in [4.69, 9.17) is 9.47 Å². The lowest BCUT2D eigenvalue weighted by atomic mass is 9.44. The van der Waals surface area contributed by atoms with E-state index in [1.54, 1.807) is 0 Å². The van der Waals surface area contributed by atoms with Gasteiger partial charge in [0.1, 0.15) is 12.2 Å². The maximum absolute atomic E-state index is 14.1. The molecule has 3 unspecified atom stereocenters. The first-order chi connectivity index (χ1) is 18.0. The van der Waals surface area contributed by atoms with Crippen molar-refractivity contribution in [1.29, 1.82) is 0 Å². The molecule has 5 rings (SSSR count). The Morgan fingerprint density at radius 2 is 1.72 bits per heavy atom. The van der Waals surface area contributed by atoms with Crippen LogP contribution in [-0.4, -0.2) is 62.8 Å². The van der Waals surface area contributed by atoms with Crippen molar-refractivity contribution in [3.8, 4) is 0 Å². The van der Waals surface area contributed by atoms with Crippen molar-refractivity contribution in [3.63, 3.8) is 0 Å². The molecule has 0 amide bonds. The van der Waals surface area contributed by atoms with Gasteiger partial charge >= 0.3 is 11.9 Å². The van der Waals surface area contributed by atoms with Gasteiger partial charge in [-0.25, -0.2) is 8.42 Å². The molecule has 0 radical (unpaired) electrons. The summed E-state index contributed by atoms with van der Waals surface area (Å²) in [7, 11) is -4.93. The van der Waals surface area contributed by atoms with Gasteiger partial charge in [0.15, 0.2) is 0 Å². The number of ether oxygens (including phenoxy) is 2. The maximum Gasteiger partial charge on any atom is 0.302 e. The number of carbonyl (C=O) groups excluding carboxylic acids is 2. The minimum absolute atomic E-state index is 0.0114. The fraction of sp³-hybridized carbons (Fsp3) is 0.933. The zero-order valence-corrected chi connectivity index (χ0v) is 27.2. The molecule has 0 aromatic rings. The van der Waals surface area contributed by atoms with Crippen LogP contribution in [-0.2, 0) is 29.1 Å². The lowest BCUT2D eigenvalue weighted by molar-refractivity contribution is -0.160. The van der Waals surface area contributed by atoms with E-state index in [1.807, 2.05) is 11.2 Å². The van der Waals surface area contributed by atoms with Gasteiger partial charge in [0.05, 0.1) is 5.75 Å². The van der Waals surface area contributed by atoms with Gasteiger partial charge in [-0.3, -0.25) is 9.59 Å². The van der Waals surface area contributed by atoms with Crippen molar-refractivity contribution in [1.82, 2.24) is 4.31 Å². The summed E-state index contributed by atoms with van der Waals surface area (Å²) in [4.78, 5) is 23.6. The van der Waals surface area contributed by atoms with Crippen molar-refractivity contribution >= 4 is 30.0 Å². The van der Waals surface area contributed by atoms with E-state index in [0.29, 0.717) is 23.7 Å². The molecule has 7 nitrogen and oxygen atoms in total. The Morgan fingerprint density at radius 3 is 2.33 bits per heavy atom. The Balaban J connectivity index is 1.51. The van der Waals surface area contributed by atoms with Crippen LogP contribution in [0.15, 0.2) is 0 Å². The van der Waals surface area contributed by atoms with Gasteiger partial charge in [0.25, 0.3) is 0 Å². The number of rotatable bonds is 7. The van der Waals surface area contributed by atoms with Crippen molar-refractivity contribution < 1.29 is 27.5 Å². The van der Waals surface area contributed by atoms with Crippen molar-refractivity contribution in [2.24, 2.45) is 40.4 Å². The molecular weight excluding hydrogens is 530 g/mol. The molecule has 0 bridgehead atoms. The van der Waals surface area contributed by atoms with E-state index in [9.17, 15) is 18.0 Å². The van der Waals surface area contributed by atoms with E-state index < -0.39 is 18.1 Å². The number of nitrogens with zero attached hydrogens (tertiary/aromatic N) is 1. The van der Waals surface area contributed by atoms with E-state index in [0.717, 1.165) is 51.0 Å². The third kappa shape index (κ3) is 4.94. The molecule has 0 spiro atoms. The van der Waals surface area contributed by atoms with Crippen LogP contribution in [0, 0.1) is 40.4 Å². The summed E-state index contributed by atoms with van der Waals surface area (Å²) in [5.74, 6) is 1.66. The Labute approximate surface area is 237 Å². The summed E-state index contributed by atoms with van der Waals surface area (Å²) in [6.45, 7) is 16.5. The van der Waals surface area contributed by atoms with Gasteiger partial charge in [-0.1, -0.05) is 33.5 Å². The van der Waals surface area contributed by atoms with Crippen LogP contribution in [0.3, 0.4) is 0 Å². The lowest BCUT2D eigenvalue weighted by Gasteiger charge is -2.60. The first-order valence-corrected chi connectivity index (χ1v) is 20.7. The Bertz CT molecular complexity index is 1110. The quantitative estimate of drug-likeness (QED) is 0.225. The highest BCUT2D eigenvalue weighted by Crippen LogP contribution is 2.74. The molecule has 12 atom stereocenters. The number of hydrogen-bond acceptors (Lipinski definition) is 6. The van der Waals surface area contributed by atoms with Crippen LogP contribution in [0.2, 0.25) is 25.7 Å². The molecule has 5 fully saturated rings. The van der Waals surface area contributed by atoms with E-state index in [1.165, 1.54) is 13.8 Å². The topological polar surface area (TPSA) is 89.8 Å². The average molecular weight is 582 g/mol. The van der Waals surface area contributed by atoms with E-state index in [-0.39, 0.29) is 58.7 Å². The molecule has 5 aliphatic rings. The number of esters is 2. The fourth-order valence-corrected chi connectivity index (χ4v) is 15.3. The largest absolute Gasteiger partial charge is 0.463 e.